The Hall–Kier alpha value is -2.86. The lowest BCUT2D eigenvalue weighted by Crippen LogP contribution is -2.06. The van der Waals surface area contributed by atoms with Crippen molar-refractivity contribution in [2.24, 2.45) is 0 Å². The van der Waals surface area contributed by atoms with Crippen LogP contribution in [0, 0.1) is 6.92 Å². The standard InChI is InChI=1S/C20H19NO4S/c1-13-21-18(12-26-13)15-6-9-19(17(10-15)20(22)24-3)25-11-14-4-7-16(23-2)8-5-14/h4-10,12H,11H2,1-3H3. The quantitative estimate of drug-likeness (QED) is 0.599. The molecule has 6 heteroatoms. The second kappa shape index (κ2) is 8.01. The number of methoxy groups -OCH3 is 2. The topological polar surface area (TPSA) is 57.7 Å². The smallest absolute Gasteiger partial charge is 0.341 e. The van der Waals surface area contributed by atoms with Crippen LogP contribution in [-0.2, 0) is 11.3 Å². The van der Waals surface area contributed by atoms with Gasteiger partial charge in [0.2, 0.25) is 0 Å². The van der Waals surface area contributed by atoms with Crippen LogP contribution in [0.4, 0.5) is 0 Å². The molecule has 0 aliphatic carbocycles. The van der Waals surface area contributed by atoms with Gasteiger partial charge < -0.3 is 14.2 Å². The van der Waals surface area contributed by atoms with Crippen LogP contribution < -0.4 is 9.47 Å². The summed E-state index contributed by atoms with van der Waals surface area (Å²) in [5, 5.41) is 2.93. The first kappa shape index (κ1) is 17.9. The monoisotopic (exact) mass is 369 g/mol. The van der Waals surface area contributed by atoms with E-state index in [1.807, 2.05) is 42.6 Å². The summed E-state index contributed by atoms with van der Waals surface area (Å²) in [6.45, 7) is 2.28. The van der Waals surface area contributed by atoms with Gasteiger partial charge in [-0.05, 0) is 42.8 Å². The molecular weight excluding hydrogens is 350 g/mol. The number of ether oxygens (including phenoxy) is 3. The van der Waals surface area contributed by atoms with E-state index in [2.05, 4.69) is 4.98 Å². The SMILES string of the molecule is COC(=O)c1cc(-c2csc(C)n2)ccc1OCc1ccc(OC)cc1. The number of esters is 1. The van der Waals surface area contributed by atoms with Crippen molar-refractivity contribution in [2.75, 3.05) is 14.2 Å². The number of thiazole rings is 1. The van der Waals surface area contributed by atoms with E-state index in [4.69, 9.17) is 14.2 Å². The second-order valence-electron chi connectivity index (χ2n) is 5.59. The van der Waals surface area contributed by atoms with Crippen LogP contribution in [0.1, 0.15) is 20.9 Å². The predicted molar refractivity (Wildman–Crippen MR) is 101 cm³/mol. The summed E-state index contributed by atoms with van der Waals surface area (Å²) in [5.74, 6) is 0.818. The zero-order valence-corrected chi connectivity index (χ0v) is 15.6. The highest BCUT2D eigenvalue weighted by Crippen LogP contribution is 2.29. The molecule has 5 nitrogen and oxygen atoms in total. The molecule has 0 N–H and O–H groups in total. The number of benzene rings is 2. The van der Waals surface area contributed by atoms with E-state index in [-0.39, 0.29) is 0 Å². The first-order valence-electron chi connectivity index (χ1n) is 8.01. The maximum atomic E-state index is 12.2. The van der Waals surface area contributed by atoms with Gasteiger partial charge in [-0.2, -0.15) is 0 Å². The molecule has 1 heterocycles. The van der Waals surface area contributed by atoms with E-state index < -0.39 is 5.97 Å². The van der Waals surface area contributed by atoms with E-state index in [0.29, 0.717) is 17.9 Å². The summed E-state index contributed by atoms with van der Waals surface area (Å²) in [6, 6.07) is 13.0. The lowest BCUT2D eigenvalue weighted by Gasteiger charge is -2.12. The minimum atomic E-state index is -0.441. The van der Waals surface area contributed by atoms with Crippen molar-refractivity contribution in [2.45, 2.75) is 13.5 Å². The summed E-state index contributed by atoms with van der Waals surface area (Å²) in [7, 11) is 2.98. The van der Waals surface area contributed by atoms with Crippen molar-refractivity contribution in [3.05, 3.63) is 64.0 Å². The van der Waals surface area contributed by atoms with Crippen molar-refractivity contribution in [1.29, 1.82) is 0 Å². The lowest BCUT2D eigenvalue weighted by atomic mass is 10.1. The molecule has 0 atom stereocenters. The van der Waals surface area contributed by atoms with E-state index in [1.165, 1.54) is 7.11 Å². The summed E-state index contributed by atoms with van der Waals surface area (Å²) in [5.41, 5.74) is 3.04. The van der Waals surface area contributed by atoms with Crippen molar-refractivity contribution >= 4 is 17.3 Å². The molecule has 2 aromatic carbocycles. The number of rotatable bonds is 6. The van der Waals surface area contributed by atoms with Crippen molar-refractivity contribution in [3.63, 3.8) is 0 Å². The molecule has 0 fully saturated rings. The van der Waals surface area contributed by atoms with Crippen LogP contribution in [0.5, 0.6) is 11.5 Å². The normalized spacial score (nSPS) is 10.4. The van der Waals surface area contributed by atoms with E-state index in [0.717, 1.165) is 27.6 Å². The highest BCUT2D eigenvalue weighted by atomic mass is 32.1. The molecule has 0 aliphatic rings. The minimum Gasteiger partial charge on any atom is -0.497 e. The van der Waals surface area contributed by atoms with Gasteiger partial charge in [-0.25, -0.2) is 9.78 Å². The van der Waals surface area contributed by atoms with Gasteiger partial charge >= 0.3 is 5.97 Å². The molecule has 0 radical (unpaired) electrons. The molecule has 0 saturated heterocycles. The maximum absolute atomic E-state index is 12.2. The highest BCUT2D eigenvalue weighted by Gasteiger charge is 2.16. The minimum absolute atomic E-state index is 0.336. The fourth-order valence-corrected chi connectivity index (χ4v) is 3.09. The van der Waals surface area contributed by atoms with Gasteiger partial charge in [0.25, 0.3) is 0 Å². The van der Waals surface area contributed by atoms with Crippen molar-refractivity contribution < 1.29 is 19.0 Å². The predicted octanol–water partition coefficient (Wildman–Crippen LogP) is 4.49. The van der Waals surface area contributed by atoms with Gasteiger partial charge in [0.15, 0.2) is 0 Å². The first-order chi connectivity index (χ1) is 12.6. The van der Waals surface area contributed by atoms with Crippen LogP contribution >= 0.6 is 11.3 Å². The Bertz CT molecular complexity index is 902. The third-order valence-corrected chi connectivity index (χ3v) is 4.63. The van der Waals surface area contributed by atoms with Crippen LogP contribution in [0.25, 0.3) is 11.3 Å². The van der Waals surface area contributed by atoms with Crippen LogP contribution in [0.15, 0.2) is 47.8 Å². The highest BCUT2D eigenvalue weighted by molar-refractivity contribution is 7.09. The maximum Gasteiger partial charge on any atom is 0.341 e. The zero-order valence-electron chi connectivity index (χ0n) is 14.8. The van der Waals surface area contributed by atoms with E-state index in [9.17, 15) is 4.79 Å². The number of hydrogen-bond acceptors (Lipinski definition) is 6. The fraction of sp³-hybridized carbons (Fsp3) is 0.200. The van der Waals surface area contributed by atoms with Gasteiger partial charge in [0.1, 0.15) is 23.7 Å². The average Bonchev–Trinajstić information content (AvgIpc) is 3.12. The zero-order chi connectivity index (χ0) is 18.5. The lowest BCUT2D eigenvalue weighted by molar-refractivity contribution is 0.0595. The molecule has 0 saturated carbocycles. The molecule has 3 rings (SSSR count). The third-order valence-electron chi connectivity index (χ3n) is 3.85. The summed E-state index contributed by atoms with van der Waals surface area (Å²) in [4.78, 5) is 16.6. The Morgan fingerprint density at radius 3 is 2.50 bits per heavy atom. The van der Waals surface area contributed by atoms with Gasteiger partial charge in [0, 0.05) is 10.9 Å². The van der Waals surface area contributed by atoms with E-state index >= 15 is 0 Å². The number of carbonyl (C=O) groups is 1. The molecule has 0 amide bonds. The van der Waals surface area contributed by atoms with E-state index in [1.54, 1.807) is 30.6 Å². The molecular formula is C20H19NO4S. The number of carbonyl (C=O) groups excluding carboxylic acids is 1. The van der Waals surface area contributed by atoms with Gasteiger partial charge in [0.05, 0.1) is 24.9 Å². The van der Waals surface area contributed by atoms with Gasteiger partial charge in [-0.15, -0.1) is 11.3 Å². The van der Waals surface area contributed by atoms with Crippen molar-refractivity contribution in [3.8, 4) is 22.8 Å². The summed E-state index contributed by atoms with van der Waals surface area (Å²) in [6.07, 6.45) is 0. The molecule has 0 bridgehead atoms. The Labute approximate surface area is 156 Å². The largest absolute Gasteiger partial charge is 0.497 e. The fourth-order valence-electron chi connectivity index (χ4n) is 2.46. The third kappa shape index (κ3) is 4.03. The van der Waals surface area contributed by atoms with Crippen LogP contribution in [-0.4, -0.2) is 25.2 Å². The molecule has 0 aliphatic heterocycles. The number of hydrogen-bond donors (Lipinski definition) is 0. The molecule has 26 heavy (non-hydrogen) atoms. The Kier molecular flexibility index (Phi) is 5.53. The molecule has 1 aromatic heterocycles. The number of aryl methyl sites for hydroxylation is 1. The summed E-state index contributed by atoms with van der Waals surface area (Å²) >= 11 is 1.57. The molecule has 0 unspecified atom stereocenters. The van der Waals surface area contributed by atoms with Crippen LogP contribution in [0.2, 0.25) is 0 Å². The summed E-state index contributed by atoms with van der Waals surface area (Å²) < 4.78 is 15.9. The average molecular weight is 369 g/mol. The van der Waals surface area contributed by atoms with Gasteiger partial charge in [-0.3, -0.25) is 0 Å². The molecule has 134 valence electrons. The Morgan fingerprint density at radius 1 is 1.12 bits per heavy atom. The second-order valence-corrected chi connectivity index (χ2v) is 6.65. The molecule has 3 aromatic rings. The Balaban J connectivity index is 1.84. The van der Waals surface area contributed by atoms with Crippen LogP contribution in [0.3, 0.4) is 0 Å². The van der Waals surface area contributed by atoms with Gasteiger partial charge in [-0.1, -0.05) is 12.1 Å². The number of aromatic nitrogens is 1. The number of nitrogens with zero attached hydrogens (tertiary/aromatic N) is 1. The van der Waals surface area contributed by atoms with Crippen molar-refractivity contribution in [1.82, 2.24) is 4.98 Å². The first-order valence-corrected chi connectivity index (χ1v) is 8.89. The Morgan fingerprint density at radius 2 is 1.88 bits per heavy atom. The molecule has 0 spiro atoms.